The molecule has 0 radical (unpaired) electrons. The molecular formula is C14H25N3O2. The van der Waals surface area contributed by atoms with E-state index in [4.69, 9.17) is 4.52 Å². The van der Waals surface area contributed by atoms with Crippen molar-refractivity contribution < 1.29 is 9.32 Å². The van der Waals surface area contributed by atoms with Gasteiger partial charge >= 0.3 is 0 Å². The quantitative estimate of drug-likeness (QED) is 0.890. The van der Waals surface area contributed by atoms with E-state index in [9.17, 15) is 4.79 Å². The van der Waals surface area contributed by atoms with E-state index < -0.39 is 5.41 Å². The van der Waals surface area contributed by atoms with Gasteiger partial charge in [-0.15, -0.1) is 0 Å². The smallest absolute Gasteiger partial charge is 0.248 e. The second-order valence-corrected chi connectivity index (χ2v) is 6.43. The fourth-order valence-corrected chi connectivity index (χ4v) is 1.44. The topological polar surface area (TPSA) is 68.0 Å². The van der Waals surface area contributed by atoms with Crippen molar-refractivity contribution in [1.82, 2.24) is 15.5 Å². The Morgan fingerprint density at radius 2 is 1.95 bits per heavy atom. The van der Waals surface area contributed by atoms with Gasteiger partial charge in [-0.05, 0) is 19.3 Å². The molecule has 0 aliphatic heterocycles. The molecule has 1 aromatic rings. The summed E-state index contributed by atoms with van der Waals surface area (Å²) in [6.45, 7) is 11.8. The molecule has 1 amide bonds. The molecule has 19 heavy (non-hydrogen) atoms. The van der Waals surface area contributed by atoms with Crippen LogP contribution in [0, 0.1) is 11.3 Å². The van der Waals surface area contributed by atoms with Crippen molar-refractivity contribution in [3.63, 3.8) is 0 Å². The van der Waals surface area contributed by atoms with Gasteiger partial charge in [0.25, 0.3) is 0 Å². The molecule has 0 bridgehead atoms. The van der Waals surface area contributed by atoms with Crippen LogP contribution < -0.4 is 5.32 Å². The number of carbonyl (C=O) groups excluding carboxylic acids is 1. The summed E-state index contributed by atoms with van der Waals surface area (Å²) in [6, 6.07) is -0.257. The zero-order chi connectivity index (χ0) is 14.6. The van der Waals surface area contributed by atoms with Gasteiger partial charge in [0.05, 0.1) is 0 Å². The third-order valence-corrected chi connectivity index (χ3v) is 2.83. The Morgan fingerprint density at radius 1 is 1.32 bits per heavy atom. The van der Waals surface area contributed by atoms with E-state index >= 15 is 0 Å². The van der Waals surface area contributed by atoms with Crippen molar-refractivity contribution in [3.8, 4) is 0 Å². The number of aromatic nitrogens is 2. The van der Waals surface area contributed by atoms with Gasteiger partial charge < -0.3 is 9.84 Å². The fourth-order valence-electron chi connectivity index (χ4n) is 1.44. The summed E-state index contributed by atoms with van der Waals surface area (Å²) in [7, 11) is 0. The molecule has 5 heteroatoms. The Morgan fingerprint density at radius 3 is 2.47 bits per heavy atom. The lowest BCUT2D eigenvalue weighted by Crippen LogP contribution is -2.36. The second kappa shape index (κ2) is 6.17. The minimum Gasteiger partial charge on any atom is -0.344 e. The average Bonchev–Trinajstić information content (AvgIpc) is 2.73. The van der Waals surface area contributed by atoms with E-state index in [2.05, 4.69) is 29.3 Å². The molecule has 5 nitrogen and oxygen atoms in total. The number of carbonyl (C=O) groups is 1. The first kappa shape index (κ1) is 15.7. The second-order valence-electron chi connectivity index (χ2n) is 6.43. The Labute approximate surface area is 115 Å². The highest BCUT2D eigenvalue weighted by Crippen LogP contribution is 2.17. The zero-order valence-corrected chi connectivity index (χ0v) is 12.8. The van der Waals surface area contributed by atoms with Crippen molar-refractivity contribution in [1.29, 1.82) is 0 Å². The molecule has 0 unspecified atom stereocenters. The molecule has 0 aliphatic rings. The summed E-state index contributed by atoms with van der Waals surface area (Å²) in [5, 5.41) is 6.82. The zero-order valence-electron chi connectivity index (χ0n) is 12.8. The van der Waals surface area contributed by atoms with Crippen molar-refractivity contribution >= 4 is 5.91 Å². The standard InChI is InChI=1S/C14H25N3O2/c1-9(2)7-8-11-16-12(19-17-11)10(3)15-13(18)14(4,5)6/h9-10H,7-8H2,1-6H3,(H,15,18)/t10-/m1/s1. The molecule has 0 saturated carbocycles. The van der Waals surface area contributed by atoms with Crippen LogP contribution in [0.15, 0.2) is 4.52 Å². The third kappa shape index (κ3) is 5.01. The van der Waals surface area contributed by atoms with E-state index in [0.29, 0.717) is 17.6 Å². The van der Waals surface area contributed by atoms with Crippen LogP contribution in [-0.4, -0.2) is 16.0 Å². The summed E-state index contributed by atoms with van der Waals surface area (Å²) in [5.41, 5.74) is -0.422. The van der Waals surface area contributed by atoms with Crippen molar-refractivity contribution in [3.05, 3.63) is 11.7 Å². The number of rotatable bonds is 5. The maximum Gasteiger partial charge on any atom is 0.248 e. The molecule has 0 saturated heterocycles. The van der Waals surface area contributed by atoms with Gasteiger partial charge in [0.2, 0.25) is 11.8 Å². The number of hydrogen-bond donors (Lipinski definition) is 1. The molecule has 1 N–H and O–H groups in total. The maximum absolute atomic E-state index is 11.9. The van der Waals surface area contributed by atoms with E-state index in [1.165, 1.54) is 0 Å². The van der Waals surface area contributed by atoms with Gasteiger partial charge in [-0.1, -0.05) is 39.8 Å². The summed E-state index contributed by atoms with van der Waals surface area (Å²) in [6.07, 6.45) is 1.84. The van der Waals surface area contributed by atoms with Gasteiger partial charge in [0.1, 0.15) is 6.04 Å². The van der Waals surface area contributed by atoms with E-state index in [-0.39, 0.29) is 11.9 Å². The first-order valence-corrected chi connectivity index (χ1v) is 6.83. The van der Waals surface area contributed by atoms with Crippen LogP contribution in [0.2, 0.25) is 0 Å². The normalized spacial score (nSPS) is 13.6. The van der Waals surface area contributed by atoms with Crippen molar-refractivity contribution in [2.24, 2.45) is 11.3 Å². The highest BCUT2D eigenvalue weighted by atomic mass is 16.5. The van der Waals surface area contributed by atoms with Crippen LogP contribution in [0.4, 0.5) is 0 Å². The molecule has 1 atom stereocenters. The van der Waals surface area contributed by atoms with Crippen LogP contribution in [0.5, 0.6) is 0 Å². The molecule has 0 aromatic carbocycles. The molecule has 108 valence electrons. The highest BCUT2D eigenvalue weighted by molar-refractivity contribution is 5.81. The average molecular weight is 267 g/mol. The first-order valence-electron chi connectivity index (χ1n) is 6.83. The minimum absolute atomic E-state index is 0.0260. The predicted octanol–water partition coefficient (Wildman–Crippen LogP) is 2.88. The van der Waals surface area contributed by atoms with Crippen molar-refractivity contribution in [2.45, 2.75) is 60.4 Å². The summed E-state index contributed by atoms with van der Waals surface area (Å²) in [5.74, 6) is 1.76. The monoisotopic (exact) mass is 267 g/mol. The largest absolute Gasteiger partial charge is 0.344 e. The molecular weight excluding hydrogens is 242 g/mol. The van der Waals surface area contributed by atoms with Crippen LogP contribution in [0.1, 0.15) is 65.7 Å². The SMILES string of the molecule is CC(C)CCc1noc([C@@H](C)NC(=O)C(C)(C)C)n1. The summed E-state index contributed by atoms with van der Waals surface area (Å²) < 4.78 is 5.20. The highest BCUT2D eigenvalue weighted by Gasteiger charge is 2.25. The van der Waals surface area contributed by atoms with Crippen LogP contribution >= 0.6 is 0 Å². The summed E-state index contributed by atoms with van der Waals surface area (Å²) >= 11 is 0. The van der Waals surface area contributed by atoms with Gasteiger partial charge in [0, 0.05) is 11.8 Å². The third-order valence-electron chi connectivity index (χ3n) is 2.83. The van der Waals surface area contributed by atoms with E-state index in [1.807, 2.05) is 27.7 Å². The van der Waals surface area contributed by atoms with E-state index in [0.717, 1.165) is 12.8 Å². The van der Waals surface area contributed by atoms with Crippen LogP contribution in [0.25, 0.3) is 0 Å². The Balaban J connectivity index is 2.58. The molecule has 0 aliphatic carbocycles. The molecule has 0 spiro atoms. The fraction of sp³-hybridized carbons (Fsp3) is 0.786. The number of hydrogen-bond acceptors (Lipinski definition) is 4. The van der Waals surface area contributed by atoms with Crippen LogP contribution in [0.3, 0.4) is 0 Å². The minimum atomic E-state index is -0.422. The van der Waals surface area contributed by atoms with Gasteiger partial charge in [-0.3, -0.25) is 4.79 Å². The maximum atomic E-state index is 11.9. The van der Waals surface area contributed by atoms with Gasteiger partial charge in [-0.2, -0.15) is 4.98 Å². The molecule has 1 aromatic heterocycles. The Kier molecular flexibility index (Phi) is 5.09. The lowest BCUT2D eigenvalue weighted by molar-refractivity contribution is -0.129. The van der Waals surface area contributed by atoms with E-state index in [1.54, 1.807) is 0 Å². The van der Waals surface area contributed by atoms with Crippen LogP contribution in [-0.2, 0) is 11.2 Å². The Bertz CT molecular complexity index is 419. The number of nitrogens with one attached hydrogen (secondary N) is 1. The van der Waals surface area contributed by atoms with Gasteiger partial charge in [0.15, 0.2) is 5.82 Å². The number of nitrogens with zero attached hydrogens (tertiary/aromatic N) is 2. The van der Waals surface area contributed by atoms with Gasteiger partial charge in [-0.25, -0.2) is 0 Å². The molecule has 1 rings (SSSR count). The lowest BCUT2D eigenvalue weighted by Gasteiger charge is -2.19. The molecule has 0 fully saturated rings. The first-order chi connectivity index (χ1) is 8.70. The summed E-state index contributed by atoms with van der Waals surface area (Å²) in [4.78, 5) is 16.2. The van der Waals surface area contributed by atoms with Crippen molar-refractivity contribution in [2.75, 3.05) is 0 Å². The number of aryl methyl sites for hydroxylation is 1. The predicted molar refractivity (Wildman–Crippen MR) is 73.5 cm³/mol. The number of amides is 1. The lowest BCUT2D eigenvalue weighted by atomic mass is 9.95. The Hall–Kier alpha value is -1.39. The molecule has 1 heterocycles.